The van der Waals surface area contributed by atoms with E-state index in [1.54, 1.807) is 36.4 Å². The van der Waals surface area contributed by atoms with E-state index in [9.17, 15) is 22.8 Å². The number of alkyl halides is 3. The van der Waals surface area contributed by atoms with Crippen molar-refractivity contribution in [1.82, 2.24) is 9.88 Å². The van der Waals surface area contributed by atoms with Gasteiger partial charge < -0.3 is 9.88 Å². The summed E-state index contributed by atoms with van der Waals surface area (Å²) in [6.45, 7) is -0.0395. The van der Waals surface area contributed by atoms with Gasteiger partial charge in [0.25, 0.3) is 5.78 Å². The standard InChI is InChI=1S/C19H14ClF3N2O2/c20-15-7-3-1-5-12(15)9-24-17(26)11-25-10-14(18(27)19(21,22)23)13-6-2-4-8-16(13)25/h1-8,10H,9,11H2,(H,24,26). The third-order valence-electron chi connectivity index (χ3n) is 4.04. The SMILES string of the molecule is O=C(Cn1cc(C(=O)C(F)(F)F)c2ccccc21)NCc1ccccc1Cl. The molecule has 0 aliphatic carbocycles. The van der Waals surface area contributed by atoms with Gasteiger partial charge in [-0.15, -0.1) is 0 Å². The number of para-hydroxylation sites is 1. The van der Waals surface area contributed by atoms with E-state index in [0.29, 0.717) is 10.5 Å². The van der Waals surface area contributed by atoms with Gasteiger partial charge in [-0.05, 0) is 17.7 Å². The van der Waals surface area contributed by atoms with Crippen molar-refractivity contribution < 1.29 is 22.8 Å². The van der Waals surface area contributed by atoms with Crippen molar-refractivity contribution in [3.05, 3.63) is 70.9 Å². The van der Waals surface area contributed by atoms with Crippen molar-refractivity contribution in [2.24, 2.45) is 0 Å². The first-order valence-electron chi connectivity index (χ1n) is 7.97. The van der Waals surface area contributed by atoms with Gasteiger partial charge in [-0.2, -0.15) is 13.2 Å². The number of benzene rings is 2. The second kappa shape index (κ2) is 7.44. The number of rotatable bonds is 5. The minimum Gasteiger partial charge on any atom is -0.350 e. The van der Waals surface area contributed by atoms with E-state index in [4.69, 9.17) is 11.6 Å². The number of carbonyl (C=O) groups is 2. The van der Waals surface area contributed by atoms with Gasteiger partial charge >= 0.3 is 6.18 Å². The predicted molar refractivity (Wildman–Crippen MR) is 95.6 cm³/mol. The normalized spacial score (nSPS) is 11.6. The lowest BCUT2D eigenvalue weighted by Gasteiger charge is -2.08. The van der Waals surface area contributed by atoms with E-state index in [2.05, 4.69) is 5.32 Å². The van der Waals surface area contributed by atoms with Crippen LogP contribution in [0.1, 0.15) is 15.9 Å². The Morgan fingerprint density at radius 1 is 1.04 bits per heavy atom. The molecular weight excluding hydrogens is 381 g/mol. The van der Waals surface area contributed by atoms with Crippen LogP contribution < -0.4 is 5.32 Å². The predicted octanol–water partition coefficient (Wildman–Crippen LogP) is 4.36. The molecule has 27 heavy (non-hydrogen) atoms. The monoisotopic (exact) mass is 394 g/mol. The van der Waals surface area contributed by atoms with Crippen LogP contribution in [0, 0.1) is 0 Å². The molecule has 0 bridgehead atoms. The minimum atomic E-state index is -4.98. The Hall–Kier alpha value is -2.80. The van der Waals surface area contributed by atoms with E-state index in [1.165, 1.54) is 16.7 Å². The Bertz CT molecular complexity index is 1010. The summed E-state index contributed by atoms with van der Waals surface area (Å²) >= 11 is 6.03. The van der Waals surface area contributed by atoms with E-state index in [0.717, 1.165) is 11.8 Å². The fourth-order valence-corrected chi connectivity index (χ4v) is 2.96. The van der Waals surface area contributed by atoms with Crippen molar-refractivity contribution in [2.45, 2.75) is 19.3 Å². The molecule has 8 heteroatoms. The van der Waals surface area contributed by atoms with Crippen LogP contribution in [-0.4, -0.2) is 22.4 Å². The Balaban J connectivity index is 1.82. The van der Waals surface area contributed by atoms with Gasteiger partial charge in [0.05, 0.1) is 5.56 Å². The molecule has 0 saturated carbocycles. The fourth-order valence-electron chi connectivity index (χ4n) is 2.76. The molecular formula is C19H14ClF3N2O2. The van der Waals surface area contributed by atoms with Crippen molar-refractivity contribution in [1.29, 1.82) is 0 Å². The molecule has 0 spiro atoms. The zero-order valence-electron chi connectivity index (χ0n) is 13.9. The molecule has 140 valence electrons. The van der Waals surface area contributed by atoms with Crippen LogP contribution in [0.5, 0.6) is 0 Å². The molecule has 2 aromatic carbocycles. The molecule has 1 N–H and O–H groups in total. The van der Waals surface area contributed by atoms with Crippen LogP contribution in [0.3, 0.4) is 0 Å². The molecule has 1 aromatic heterocycles. The molecule has 1 heterocycles. The molecule has 3 aromatic rings. The molecule has 3 rings (SSSR count). The molecule has 0 saturated heterocycles. The van der Waals surface area contributed by atoms with Crippen LogP contribution in [0.2, 0.25) is 5.02 Å². The summed E-state index contributed by atoms with van der Waals surface area (Å²) in [5.41, 5.74) is 0.618. The van der Waals surface area contributed by atoms with E-state index in [1.807, 2.05) is 0 Å². The number of hydrogen-bond donors (Lipinski definition) is 1. The van der Waals surface area contributed by atoms with Gasteiger partial charge in [0, 0.05) is 28.7 Å². The second-order valence-corrected chi connectivity index (χ2v) is 6.29. The Kier molecular flexibility index (Phi) is 5.23. The summed E-state index contributed by atoms with van der Waals surface area (Å²) in [4.78, 5) is 23.9. The lowest BCUT2D eigenvalue weighted by atomic mass is 10.1. The first kappa shape index (κ1) is 19.0. The molecule has 0 fully saturated rings. The highest BCUT2D eigenvalue weighted by Gasteiger charge is 2.40. The van der Waals surface area contributed by atoms with Gasteiger partial charge in [0.1, 0.15) is 6.54 Å². The first-order valence-corrected chi connectivity index (χ1v) is 8.34. The number of fused-ring (bicyclic) bond motifs is 1. The number of aromatic nitrogens is 1. The minimum absolute atomic E-state index is 0.152. The van der Waals surface area contributed by atoms with Gasteiger partial charge in [-0.3, -0.25) is 9.59 Å². The zero-order valence-corrected chi connectivity index (χ0v) is 14.6. The number of Topliss-reactive ketones (excluding diaryl/α,β-unsaturated/α-hetero) is 1. The van der Waals surface area contributed by atoms with Crippen molar-refractivity contribution >= 4 is 34.2 Å². The lowest BCUT2D eigenvalue weighted by Crippen LogP contribution is -2.27. The summed E-state index contributed by atoms with van der Waals surface area (Å²) in [6, 6.07) is 13.1. The topological polar surface area (TPSA) is 51.1 Å². The molecule has 1 amide bonds. The van der Waals surface area contributed by atoms with Gasteiger partial charge in [0.2, 0.25) is 5.91 Å². The summed E-state index contributed by atoms with van der Waals surface area (Å²) in [5, 5.41) is 3.32. The average Bonchev–Trinajstić information content (AvgIpc) is 2.98. The summed E-state index contributed by atoms with van der Waals surface area (Å²) in [5.74, 6) is -2.35. The highest BCUT2D eigenvalue weighted by Crippen LogP contribution is 2.28. The smallest absolute Gasteiger partial charge is 0.350 e. The maximum atomic E-state index is 12.8. The van der Waals surface area contributed by atoms with Crippen LogP contribution in [0.15, 0.2) is 54.7 Å². The maximum Gasteiger partial charge on any atom is 0.454 e. The number of ketones is 1. The zero-order chi connectivity index (χ0) is 19.6. The highest BCUT2D eigenvalue weighted by molar-refractivity contribution is 6.31. The van der Waals surface area contributed by atoms with Crippen molar-refractivity contribution in [3.63, 3.8) is 0 Å². The molecule has 0 radical (unpaired) electrons. The van der Waals surface area contributed by atoms with Crippen LogP contribution in [0.25, 0.3) is 10.9 Å². The molecule has 0 atom stereocenters. The second-order valence-electron chi connectivity index (χ2n) is 5.88. The molecule has 0 unspecified atom stereocenters. The average molecular weight is 395 g/mol. The summed E-state index contributed by atoms with van der Waals surface area (Å²) in [7, 11) is 0. The molecule has 0 aliphatic heterocycles. The Labute approximate surface area is 157 Å². The summed E-state index contributed by atoms with van der Waals surface area (Å²) in [6.07, 6.45) is -3.92. The third kappa shape index (κ3) is 4.14. The van der Waals surface area contributed by atoms with Crippen molar-refractivity contribution in [3.8, 4) is 0 Å². The number of nitrogens with zero attached hydrogens (tertiary/aromatic N) is 1. The number of hydrogen-bond acceptors (Lipinski definition) is 2. The van der Waals surface area contributed by atoms with E-state index >= 15 is 0 Å². The van der Waals surface area contributed by atoms with Gasteiger partial charge in [-0.25, -0.2) is 0 Å². The van der Waals surface area contributed by atoms with E-state index < -0.39 is 23.4 Å². The number of nitrogens with one attached hydrogen (secondary N) is 1. The largest absolute Gasteiger partial charge is 0.454 e. The first-order chi connectivity index (χ1) is 12.8. The number of carbonyl (C=O) groups excluding carboxylic acids is 2. The third-order valence-corrected chi connectivity index (χ3v) is 4.41. The lowest BCUT2D eigenvalue weighted by molar-refractivity contribution is -0.121. The molecule has 0 aliphatic rings. The fraction of sp³-hybridized carbons (Fsp3) is 0.158. The Morgan fingerprint density at radius 3 is 2.41 bits per heavy atom. The van der Waals surface area contributed by atoms with Crippen LogP contribution in [-0.2, 0) is 17.9 Å². The van der Waals surface area contributed by atoms with Gasteiger partial charge in [0.15, 0.2) is 0 Å². The highest BCUT2D eigenvalue weighted by atomic mass is 35.5. The Morgan fingerprint density at radius 2 is 1.70 bits per heavy atom. The van der Waals surface area contributed by atoms with Crippen LogP contribution >= 0.6 is 11.6 Å². The number of halogens is 4. The van der Waals surface area contributed by atoms with Crippen LogP contribution in [0.4, 0.5) is 13.2 Å². The maximum absolute atomic E-state index is 12.8. The van der Waals surface area contributed by atoms with Gasteiger partial charge in [-0.1, -0.05) is 48.0 Å². The van der Waals surface area contributed by atoms with E-state index in [-0.39, 0.29) is 18.5 Å². The summed E-state index contributed by atoms with van der Waals surface area (Å²) < 4.78 is 39.8. The number of amides is 1. The molecule has 4 nitrogen and oxygen atoms in total. The quantitative estimate of drug-likeness (QED) is 0.654. The van der Waals surface area contributed by atoms with Crippen molar-refractivity contribution in [2.75, 3.05) is 0 Å².